The van der Waals surface area contributed by atoms with E-state index in [1.165, 1.54) is 12.4 Å². The van der Waals surface area contributed by atoms with Crippen LogP contribution in [0, 0.1) is 0 Å². The van der Waals surface area contributed by atoms with Crippen molar-refractivity contribution in [3.05, 3.63) is 17.7 Å². The van der Waals surface area contributed by atoms with Crippen LogP contribution in [0.15, 0.2) is 17.3 Å². The average Bonchev–Trinajstić information content (AvgIpc) is 1.88. The summed E-state index contributed by atoms with van der Waals surface area (Å²) in [6.45, 7) is 0. The number of aromatic nitrogens is 2. The summed E-state index contributed by atoms with van der Waals surface area (Å²) < 4.78 is 10.7. The first-order valence-electron chi connectivity index (χ1n) is 2.51. The Hall–Kier alpha value is -0.320. The van der Waals surface area contributed by atoms with Gasteiger partial charge in [0.15, 0.2) is 4.90 Å². The molecule has 0 saturated carbocycles. The molecule has 0 fully saturated rings. The highest BCUT2D eigenvalue weighted by Crippen LogP contribution is 2.06. The summed E-state index contributed by atoms with van der Waals surface area (Å²) in [6.07, 6.45) is 4.46. The molecular weight excluding hydrogens is 172 g/mol. The van der Waals surface area contributed by atoms with E-state index >= 15 is 0 Å². The Bertz CT molecular complexity index is 213. The molecule has 0 aliphatic rings. The quantitative estimate of drug-likeness (QED) is 0.471. The van der Waals surface area contributed by atoms with Crippen LogP contribution in [0.5, 0.6) is 0 Å². The molecule has 1 rings (SSSR count). The molecule has 1 aromatic heterocycles. The van der Waals surface area contributed by atoms with E-state index in [0.29, 0.717) is 4.90 Å². The first-order valence-corrected chi connectivity index (χ1v) is 4.45. The standard InChI is InChI=1S/C5H5ClN2OS/c1-10(9)4-2-7-5(6)8-3-4/h2-3H,1H3/t10-/m0/s1. The minimum Gasteiger partial charge on any atom is -0.612 e. The van der Waals surface area contributed by atoms with Crippen molar-refractivity contribution in [3.63, 3.8) is 0 Å². The minimum absolute atomic E-state index is 0.175. The van der Waals surface area contributed by atoms with Gasteiger partial charge in [0.1, 0.15) is 6.26 Å². The molecule has 0 radical (unpaired) electrons. The second kappa shape index (κ2) is 3.18. The molecule has 1 atom stereocenters. The molecule has 0 aliphatic carbocycles. The summed E-state index contributed by atoms with van der Waals surface area (Å²) in [4.78, 5) is 7.91. The van der Waals surface area contributed by atoms with Crippen LogP contribution in [0.2, 0.25) is 5.28 Å². The van der Waals surface area contributed by atoms with Crippen molar-refractivity contribution in [2.75, 3.05) is 6.26 Å². The lowest BCUT2D eigenvalue weighted by molar-refractivity contribution is 0.600. The molecule has 0 aliphatic heterocycles. The fourth-order valence-corrected chi connectivity index (χ4v) is 0.949. The zero-order valence-corrected chi connectivity index (χ0v) is 6.82. The van der Waals surface area contributed by atoms with Crippen molar-refractivity contribution in [3.8, 4) is 0 Å². The number of nitrogens with zero attached hydrogens (tertiary/aromatic N) is 2. The zero-order valence-electron chi connectivity index (χ0n) is 5.24. The summed E-state index contributed by atoms with van der Waals surface area (Å²) in [5.41, 5.74) is 0. The highest BCUT2D eigenvalue weighted by Gasteiger charge is 2.03. The average molecular weight is 177 g/mol. The van der Waals surface area contributed by atoms with Crippen molar-refractivity contribution < 1.29 is 4.55 Å². The fraction of sp³-hybridized carbons (Fsp3) is 0.200. The zero-order chi connectivity index (χ0) is 7.56. The molecule has 10 heavy (non-hydrogen) atoms. The lowest BCUT2D eigenvalue weighted by Gasteiger charge is -2.00. The predicted octanol–water partition coefficient (Wildman–Crippen LogP) is 0.867. The maximum atomic E-state index is 10.7. The smallest absolute Gasteiger partial charge is 0.222 e. The van der Waals surface area contributed by atoms with Crippen molar-refractivity contribution in [2.24, 2.45) is 0 Å². The summed E-state index contributed by atoms with van der Waals surface area (Å²) >= 11 is 4.37. The van der Waals surface area contributed by atoms with Crippen molar-refractivity contribution >= 4 is 22.8 Å². The van der Waals surface area contributed by atoms with Crippen LogP contribution in [0.3, 0.4) is 0 Å². The number of rotatable bonds is 1. The monoisotopic (exact) mass is 176 g/mol. The van der Waals surface area contributed by atoms with Gasteiger partial charge >= 0.3 is 0 Å². The van der Waals surface area contributed by atoms with Gasteiger partial charge in [-0.3, -0.25) is 0 Å². The van der Waals surface area contributed by atoms with E-state index in [1.807, 2.05) is 0 Å². The molecule has 0 bridgehead atoms. The van der Waals surface area contributed by atoms with E-state index in [2.05, 4.69) is 9.97 Å². The van der Waals surface area contributed by atoms with Crippen molar-refractivity contribution in [2.45, 2.75) is 4.90 Å². The Morgan fingerprint density at radius 2 is 2.00 bits per heavy atom. The van der Waals surface area contributed by atoms with Gasteiger partial charge in [-0.15, -0.1) is 0 Å². The van der Waals surface area contributed by atoms with Crippen LogP contribution < -0.4 is 0 Å². The second-order valence-electron chi connectivity index (χ2n) is 1.64. The SMILES string of the molecule is C[S@+]([O-])c1cnc(Cl)nc1. The maximum absolute atomic E-state index is 10.7. The van der Waals surface area contributed by atoms with E-state index in [-0.39, 0.29) is 5.28 Å². The maximum Gasteiger partial charge on any atom is 0.222 e. The van der Waals surface area contributed by atoms with Gasteiger partial charge in [-0.05, 0) is 22.8 Å². The lowest BCUT2D eigenvalue weighted by atomic mass is 10.7. The highest BCUT2D eigenvalue weighted by atomic mass is 35.5. The minimum atomic E-state index is -1.02. The Kier molecular flexibility index (Phi) is 2.48. The molecule has 0 aromatic carbocycles. The van der Waals surface area contributed by atoms with Crippen LogP contribution in [0.1, 0.15) is 0 Å². The number of hydrogen-bond acceptors (Lipinski definition) is 3. The third kappa shape index (κ3) is 1.83. The molecule has 5 heteroatoms. The van der Waals surface area contributed by atoms with Gasteiger partial charge in [-0.1, -0.05) is 0 Å². The van der Waals surface area contributed by atoms with Crippen LogP contribution in [0.25, 0.3) is 0 Å². The van der Waals surface area contributed by atoms with Gasteiger partial charge in [0.05, 0.1) is 12.4 Å². The van der Waals surface area contributed by atoms with Gasteiger partial charge in [-0.2, -0.15) is 0 Å². The van der Waals surface area contributed by atoms with Crippen LogP contribution in [0.4, 0.5) is 0 Å². The first-order chi connectivity index (χ1) is 4.70. The number of halogens is 1. The van der Waals surface area contributed by atoms with E-state index < -0.39 is 11.2 Å². The third-order valence-corrected chi connectivity index (χ3v) is 2.00. The van der Waals surface area contributed by atoms with Gasteiger partial charge in [0.25, 0.3) is 0 Å². The van der Waals surface area contributed by atoms with Gasteiger partial charge in [0, 0.05) is 0 Å². The molecule has 0 N–H and O–H groups in total. The molecule has 0 unspecified atom stereocenters. The van der Waals surface area contributed by atoms with Crippen molar-refractivity contribution in [1.29, 1.82) is 0 Å². The lowest BCUT2D eigenvalue weighted by Crippen LogP contribution is -1.98. The van der Waals surface area contributed by atoms with Gasteiger partial charge in [0.2, 0.25) is 5.28 Å². The Labute approximate surface area is 66.6 Å². The second-order valence-corrected chi connectivity index (χ2v) is 3.36. The summed E-state index contributed by atoms with van der Waals surface area (Å²) in [6, 6.07) is 0. The molecule has 1 aromatic rings. The Morgan fingerprint density at radius 1 is 1.50 bits per heavy atom. The molecule has 54 valence electrons. The molecule has 0 saturated heterocycles. The first kappa shape index (κ1) is 7.78. The number of hydrogen-bond donors (Lipinski definition) is 0. The summed E-state index contributed by atoms with van der Waals surface area (Å²) in [5.74, 6) is 0. The molecular formula is C5H5ClN2OS. The molecule has 1 heterocycles. The van der Waals surface area contributed by atoms with E-state index in [9.17, 15) is 4.55 Å². The van der Waals surface area contributed by atoms with Crippen LogP contribution in [-0.2, 0) is 11.2 Å². The Morgan fingerprint density at radius 3 is 2.40 bits per heavy atom. The van der Waals surface area contributed by atoms with E-state index in [1.54, 1.807) is 6.26 Å². The van der Waals surface area contributed by atoms with Gasteiger partial charge in [-0.25, -0.2) is 9.97 Å². The normalized spacial score (nSPS) is 13.1. The topological polar surface area (TPSA) is 48.8 Å². The van der Waals surface area contributed by atoms with E-state index in [4.69, 9.17) is 11.6 Å². The molecule has 0 amide bonds. The van der Waals surface area contributed by atoms with Crippen molar-refractivity contribution in [1.82, 2.24) is 9.97 Å². The summed E-state index contributed by atoms with van der Waals surface area (Å²) in [5, 5.41) is 0.175. The third-order valence-electron chi connectivity index (χ3n) is 0.929. The fourth-order valence-electron chi connectivity index (χ4n) is 0.449. The molecule has 0 spiro atoms. The largest absolute Gasteiger partial charge is 0.612 e. The summed E-state index contributed by atoms with van der Waals surface area (Å²) in [7, 11) is 0. The van der Waals surface area contributed by atoms with Crippen LogP contribution in [-0.4, -0.2) is 20.8 Å². The van der Waals surface area contributed by atoms with Gasteiger partial charge < -0.3 is 4.55 Å². The Balaban J connectivity index is 2.89. The molecule has 3 nitrogen and oxygen atoms in total. The van der Waals surface area contributed by atoms with Crippen LogP contribution >= 0.6 is 11.6 Å². The van der Waals surface area contributed by atoms with E-state index in [0.717, 1.165) is 0 Å². The highest BCUT2D eigenvalue weighted by molar-refractivity contribution is 7.90. The predicted molar refractivity (Wildman–Crippen MR) is 39.4 cm³/mol.